The van der Waals surface area contributed by atoms with E-state index in [1.54, 1.807) is 18.2 Å². The molecule has 15 heavy (non-hydrogen) atoms. The molecule has 2 rings (SSSR count). The number of hydrogen-bond donors (Lipinski definition) is 1. The van der Waals surface area contributed by atoms with E-state index in [2.05, 4.69) is 15.9 Å². The Labute approximate surface area is 95.6 Å². The molecule has 0 aliphatic carbocycles. The molecule has 0 saturated heterocycles. The average Bonchev–Trinajstić information content (AvgIpc) is 2.16. The van der Waals surface area contributed by atoms with Crippen molar-refractivity contribution in [2.75, 3.05) is 0 Å². The van der Waals surface area contributed by atoms with Crippen molar-refractivity contribution in [3.63, 3.8) is 0 Å². The standard InChI is InChI=1S/C10H7BrO3S/c11-10-3-1-2-7-6-8(15(12,13)14)4-5-9(7)10/h1-6H,(H,12,13,14). The number of halogens is 1. The summed E-state index contributed by atoms with van der Waals surface area (Å²) in [6.07, 6.45) is 0. The molecule has 0 atom stereocenters. The molecule has 0 heterocycles. The second-order valence-corrected chi connectivity index (χ2v) is 5.37. The van der Waals surface area contributed by atoms with E-state index >= 15 is 0 Å². The van der Waals surface area contributed by atoms with Crippen LogP contribution >= 0.6 is 15.9 Å². The zero-order valence-electron chi connectivity index (χ0n) is 7.51. The van der Waals surface area contributed by atoms with Gasteiger partial charge in [-0.15, -0.1) is 0 Å². The molecular formula is C10H7BrO3S. The van der Waals surface area contributed by atoms with Crippen molar-refractivity contribution in [2.24, 2.45) is 0 Å². The van der Waals surface area contributed by atoms with E-state index in [9.17, 15) is 8.42 Å². The minimum Gasteiger partial charge on any atom is -0.282 e. The Hall–Kier alpha value is -0.910. The molecule has 5 heteroatoms. The van der Waals surface area contributed by atoms with Crippen LogP contribution in [0.25, 0.3) is 10.8 Å². The van der Waals surface area contributed by atoms with Crippen LogP contribution in [0.1, 0.15) is 0 Å². The summed E-state index contributed by atoms with van der Waals surface area (Å²) in [6, 6.07) is 9.94. The maximum atomic E-state index is 10.9. The molecule has 3 nitrogen and oxygen atoms in total. The van der Waals surface area contributed by atoms with Crippen LogP contribution in [0.15, 0.2) is 45.8 Å². The lowest BCUT2D eigenvalue weighted by molar-refractivity contribution is 0.483. The summed E-state index contributed by atoms with van der Waals surface area (Å²) in [5.74, 6) is 0. The molecule has 0 spiro atoms. The third kappa shape index (κ3) is 2.04. The van der Waals surface area contributed by atoms with Crippen LogP contribution in [-0.4, -0.2) is 13.0 Å². The fourth-order valence-corrected chi connectivity index (χ4v) is 2.41. The van der Waals surface area contributed by atoms with Gasteiger partial charge in [0.1, 0.15) is 0 Å². The summed E-state index contributed by atoms with van der Waals surface area (Å²) in [5, 5.41) is 1.67. The normalized spacial score (nSPS) is 11.9. The minimum absolute atomic E-state index is 0.0897. The maximum absolute atomic E-state index is 10.9. The molecule has 0 aliphatic rings. The average molecular weight is 287 g/mol. The van der Waals surface area contributed by atoms with E-state index < -0.39 is 10.1 Å². The van der Waals surface area contributed by atoms with Crippen LogP contribution in [0, 0.1) is 0 Å². The molecule has 78 valence electrons. The molecular weight excluding hydrogens is 280 g/mol. The summed E-state index contributed by atoms with van der Waals surface area (Å²) in [6.45, 7) is 0. The topological polar surface area (TPSA) is 54.4 Å². The lowest BCUT2D eigenvalue weighted by atomic mass is 10.1. The molecule has 0 unspecified atom stereocenters. The van der Waals surface area contributed by atoms with Gasteiger partial charge < -0.3 is 0 Å². The van der Waals surface area contributed by atoms with Gasteiger partial charge in [-0.2, -0.15) is 8.42 Å². The van der Waals surface area contributed by atoms with Crippen LogP contribution < -0.4 is 0 Å². The van der Waals surface area contributed by atoms with Gasteiger partial charge >= 0.3 is 0 Å². The smallest absolute Gasteiger partial charge is 0.282 e. The van der Waals surface area contributed by atoms with E-state index in [0.29, 0.717) is 0 Å². The quantitative estimate of drug-likeness (QED) is 0.820. The molecule has 0 aromatic heterocycles. The van der Waals surface area contributed by atoms with Gasteiger partial charge in [-0.1, -0.05) is 34.1 Å². The molecule has 0 fully saturated rings. The van der Waals surface area contributed by atoms with E-state index in [0.717, 1.165) is 15.2 Å². The highest BCUT2D eigenvalue weighted by Gasteiger charge is 2.10. The van der Waals surface area contributed by atoms with Crippen molar-refractivity contribution < 1.29 is 13.0 Å². The molecule has 2 aromatic carbocycles. The summed E-state index contributed by atoms with van der Waals surface area (Å²) >= 11 is 3.36. The highest BCUT2D eigenvalue weighted by atomic mass is 79.9. The molecule has 2 aromatic rings. The first-order valence-corrected chi connectivity index (χ1v) is 6.37. The highest BCUT2D eigenvalue weighted by molar-refractivity contribution is 9.10. The van der Waals surface area contributed by atoms with Crippen LogP contribution in [0.3, 0.4) is 0 Å². The first kappa shape index (κ1) is 10.6. The van der Waals surface area contributed by atoms with Gasteiger partial charge in [0.2, 0.25) is 0 Å². The number of fused-ring (bicyclic) bond motifs is 1. The van der Waals surface area contributed by atoms with Crippen LogP contribution in [0.4, 0.5) is 0 Å². The second kappa shape index (κ2) is 3.59. The molecule has 0 bridgehead atoms. The Morgan fingerprint density at radius 1 is 1.13 bits per heavy atom. The monoisotopic (exact) mass is 286 g/mol. The van der Waals surface area contributed by atoms with Crippen molar-refractivity contribution in [3.8, 4) is 0 Å². The summed E-state index contributed by atoms with van der Waals surface area (Å²) in [7, 11) is -4.12. The van der Waals surface area contributed by atoms with Crippen molar-refractivity contribution in [3.05, 3.63) is 40.9 Å². The number of hydrogen-bond acceptors (Lipinski definition) is 2. The van der Waals surface area contributed by atoms with Crippen molar-refractivity contribution >= 4 is 36.8 Å². The Kier molecular flexibility index (Phi) is 2.54. The largest absolute Gasteiger partial charge is 0.294 e. The molecule has 0 aliphatic heterocycles. The Bertz CT molecular complexity index is 620. The van der Waals surface area contributed by atoms with Gasteiger partial charge in [-0.3, -0.25) is 4.55 Å². The van der Waals surface area contributed by atoms with E-state index in [1.165, 1.54) is 12.1 Å². The zero-order valence-corrected chi connectivity index (χ0v) is 9.92. The summed E-state index contributed by atoms with van der Waals surface area (Å²) in [4.78, 5) is -0.0897. The van der Waals surface area contributed by atoms with Crippen molar-refractivity contribution in [1.82, 2.24) is 0 Å². The van der Waals surface area contributed by atoms with Gasteiger partial charge in [-0.25, -0.2) is 0 Å². The van der Waals surface area contributed by atoms with Crippen LogP contribution in [0.5, 0.6) is 0 Å². The summed E-state index contributed by atoms with van der Waals surface area (Å²) in [5.41, 5.74) is 0. The predicted molar refractivity (Wildman–Crippen MR) is 61.5 cm³/mol. The number of benzene rings is 2. The Morgan fingerprint density at radius 2 is 1.87 bits per heavy atom. The molecule has 1 N–H and O–H groups in total. The van der Waals surface area contributed by atoms with Gasteiger partial charge in [-0.05, 0) is 29.0 Å². The van der Waals surface area contributed by atoms with Crippen molar-refractivity contribution in [2.45, 2.75) is 4.90 Å². The zero-order chi connectivity index (χ0) is 11.1. The Morgan fingerprint density at radius 3 is 2.53 bits per heavy atom. The third-order valence-electron chi connectivity index (χ3n) is 2.10. The second-order valence-electron chi connectivity index (χ2n) is 3.10. The van der Waals surface area contributed by atoms with Gasteiger partial charge in [0.15, 0.2) is 0 Å². The summed E-state index contributed by atoms with van der Waals surface area (Å²) < 4.78 is 31.6. The van der Waals surface area contributed by atoms with Crippen molar-refractivity contribution in [1.29, 1.82) is 0 Å². The van der Waals surface area contributed by atoms with Crippen LogP contribution in [0.2, 0.25) is 0 Å². The highest BCUT2D eigenvalue weighted by Crippen LogP contribution is 2.25. The lowest BCUT2D eigenvalue weighted by Gasteiger charge is -2.02. The maximum Gasteiger partial charge on any atom is 0.294 e. The first-order chi connectivity index (χ1) is 6.98. The first-order valence-electron chi connectivity index (χ1n) is 4.14. The SMILES string of the molecule is O=S(=O)(O)c1ccc2c(Br)cccc2c1. The van der Waals surface area contributed by atoms with Gasteiger partial charge in [0, 0.05) is 4.47 Å². The minimum atomic E-state index is -4.12. The molecule has 0 radical (unpaired) electrons. The number of rotatable bonds is 1. The van der Waals surface area contributed by atoms with E-state index in [-0.39, 0.29) is 4.90 Å². The third-order valence-corrected chi connectivity index (χ3v) is 3.64. The van der Waals surface area contributed by atoms with Gasteiger partial charge in [0.05, 0.1) is 4.90 Å². The molecule has 0 saturated carbocycles. The fourth-order valence-electron chi connectivity index (χ4n) is 1.38. The molecule has 0 amide bonds. The fraction of sp³-hybridized carbons (Fsp3) is 0. The van der Waals surface area contributed by atoms with E-state index in [1.807, 2.05) is 6.07 Å². The predicted octanol–water partition coefficient (Wildman–Crippen LogP) is 2.85. The van der Waals surface area contributed by atoms with Crippen LogP contribution in [-0.2, 0) is 10.1 Å². The Balaban J connectivity index is 2.79. The lowest BCUT2D eigenvalue weighted by Crippen LogP contribution is -1.97. The van der Waals surface area contributed by atoms with E-state index in [4.69, 9.17) is 4.55 Å². The van der Waals surface area contributed by atoms with Gasteiger partial charge in [0.25, 0.3) is 10.1 Å².